The van der Waals surface area contributed by atoms with Crippen LogP contribution in [-0.2, 0) is 0 Å². The lowest BCUT2D eigenvalue weighted by Crippen LogP contribution is -2.15. The van der Waals surface area contributed by atoms with Crippen molar-refractivity contribution in [2.24, 2.45) is 5.92 Å². The number of hydrogen-bond acceptors (Lipinski definition) is 4. The molecular weight excluding hydrogens is 312 g/mol. The number of amides is 1. The van der Waals surface area contributed by atoms with Crippen molar-refractivity contribution in [3.63, 3.8) is 0 Å². The van der Waals surface area contributed by atoms with Gasteiger partial charge in [0.05, 0.1) is 0 Å². The maximum atomic E-state index is 12.2. The predicted molar refractivity (Wildman–Crippen MR) is 94.1 cm³/mol. The number of aromatic nitrogens is 2. The number of nitrogens with zero attached hydrogens (tertiary/aromatic N) is 2. The highest BCUT2D eigenvalue weighted by molar-refractivity contribution is 6.30. The van der Waals surface area contributed by atoms with Gasteiger partial charge in [-0.15, -0.1) is 10.2 Å². The molecule has 1 aromatic carbocycles. The molecule has 2 rings (SSSR count). The first-order chi connectivity index (χ1) is 11.0. The lowest BCUT2D eigenvalue weighted by Gasteiger charge is -2.09. The highest BCUT2D eigenvalue weighted by Gasteiger charge is 2.10. The van der Waals surface area contributed by atoms with E-state index in [0.717, 1.165) is 18.5 Å². The molecule has 0 unspecified atom stereocenters. The number of halogens is 1. The average Bonchev–Trinajstić information content (AvgIpc) is 2.50. The van der Waals surface area contributed by atoms with E-state index in [0.29, 0.717) is 22.4 Å². The lowest BCUT2D eigenvalue weighted by molar-refractivity contribution is 0.102. The van der Waals surface area contributed by atoms with Gasteiger partial charge >= 0.3 is 0 Å². The molecule has 0 aliphatic carbocycles. The Balaban J connectivity index is 1.97. The van der Waals surface area contributed by atoms with E-state index < -0.39 is 0 Å². The molecule has 0 saturated heterocycles. The van der Waals surface area contributed by atoms with Gasteiger partial charge in [-0.2, -0.15) is 0 Å². The third-order valence-corrected chi connectivity index (χ3v) is 3.60. The van der Waals surface area contributed by atoms with E-state index >= 15 is 0 Å². The number of nitrogens with one attached hydrogen (secondary N) is 2. The Morgan fingerprint density at radius 2 is 2.00 bits per heavy atom. The second-order valence-electron chi connectivity index (χ2n) is 5.83. The van der Waals surface area contributed by atoms with E-state index in [-0.39, 0.29) is 11.6 Å². The minimum atomic E-state index is -0.295. The summed E-state index contributed by atoms with van der Waals surface area (Å²) in [6.45, 7) is 7.05. The van der Waals surface area contributed by atoms with Gasteiger partial charge in [0.15, 0.2) is 5.69 Å². The Hall–Kier alpha value is -2.14. The Morgan fingerprint density at radius 3 is 2.61 bits per heavy atom. The van der Waals surface area contributed by atoms with Gasteiger partial charge in [0.2, 0.25) is 0 Å². The van der Waals surface area contributed by atoms with Crippen molar-refractivity contribution in [3.8, 4) is 0 Å². The molecule has 0 saturated carbocycles. The van der Waals surface area contributed by atoms with Gasteiger partial charge in [-0.3, -0.25) is 4.79 Å². The monoisotopic (exact) mass is 332 g/mol. The van der Waals surface area contributed by atoms with Crippen LogP contribution in [0.1, 0.15) is 36.3 Å². The minimum absolute atomic E-state index is 0.272. The van der Waals surface area contributed by atoms with Crippen molar-refractivity contribution in [2.45, 2.75) is 27.2 Å². The summed E-state index contributed by atoms with van der Waals surface area (Å²) in [6, 6.07) is 8.72. The number of aryl methyl sites for hydroxylation is 1. The van der Waals surface area contributed by atoms with Crippen LogP contribution in [0, 0.1) is 12.8 Å². The van der Waals surface area contributed by atoms with E-state index in [4.69, 9.17) is 11.6 Å². The van der Waals surface area contributed by atoms with Crippen LogP contribution in [0.15, 0.2) is 30.3 Å². The van der Waals surface area contributed by atoms with Gasteiger partial charge in [0.1, 0.15) is 5.82 Å². The molecule has 0 aliphatic heterocycles. The standard InChI is InChI=1S/C17H21ClN4O/c1-11(2)8-9-19-16-7-6-15(21-22-16)17(23)20-14-5-4-13(18)10-12(14)3/h4-7,10-11H,8-9H2,1-3H3,(H,19,22)(H,20,23). The topological polar surface area (TPSA) is 66.9 Å². The summed E-state index contributed by atoms with van der Waals surface area (Å²) >= 11 is 5.91. The Kier molecular flexibility index (Phi) is 5.93. The van der Waals surface area contributed by atoms with Crippen LogP contribution in [0.4, 0.5) is 11.5 Å². The normalized spacial score (nSPS) is 10.7. The summed E-state index contributed by atoms with van der Waals surface area (Å²) < 4.78 is 0. The van der Waals surface area contributed by atoms with Gasteiger partial charge in [-0.25, -0.2) is 0 Å². The predicted octanol–water partition coefficient (Wildman–Crippen LogP) is 4.15. The number of anilines is 2. The van der Waals surface area contributed by atoms with Crippen LogP contribution in [0.5, 0.6) is 0 Å². The highest BCUT2D eigenvalue weighted by Crippen LogP contribution is 2.20. The number of hydrogen-bond donors (Lipinski definition) is 2. The molecule has 0 bridgehead atoms. The summed E-state index contributed by atoms with van der Waals surface area (Å²) in [5.74, 6) is 1.00. The summed E-state index contributed by atoms with van der Waals surface area (Å²) in [5, 5.41) is 14.6. The molecule has 1 amide bonds. The zero-order valence-corrected chi connectivity index (χ0v) is 14.3. The first-order valence-electron chi connectivity index (χ1n) is 7.61. The molecule has 1 aromatic heterocycles. The number of carbonyl (C=O) groups is 1. The smallest absolute Gasteiger partial charge is 0.276 e. The van der Waals surface area contributed by atoms with Crippen LogP contribution in [0.2, 0.25) is 5.02 Å². The van der Waals surface area contributed by atoms with Crippen LogP contribution in [-0.4, -0.2) is 22.6 Å². The molecule has 2 N–H and O–H groups in total. The van der Waals surface area contributed by atoms with Gasteiger partial charge in [0, 0.05) is 17.3 Å². The molecule has 0 fully saturated rings. The number of benzene rings is 1. The maximum absolute atomic E-state index is 12.2. The molecule has 0 aliphatic rings. The highest BCUT2D eigenvalue weighted by atomic mass is 35.5. The Bertz CT molecular complexity index is 671. The van der Waals surface area contributed by atoms with E-state index in [1.54, 1.807) is 30.3 Å². The quantitative estimate of drug-likeness (QED) is 0.834. The van der Waals surface area contributed by atoms with E-state index in [1.165, 1.54) is 0 Å². The van der Waals surface area contributed by atoms with Crippen LogP contribution < -0.4 is 10.6 Å². The lowest BCUT2D eigenvalue weighted by atomic mass is 10.1. The fourth-order valence-electron chi connectivity index (χ4n) is 1.99. The zero-order valence-electron chi connectivity index (χ0n) is 13.6. The molecule has 0 spiro atoms. The minimum Gasteiger partial charge on any atom is -0.369 e. The van der Waals surface area contributed by atoms with Gasteiger partial charge in [0.25, 0.3) is 5.91 Å². The van der Waals surface area contributed by atoms with Crippen LogP contribution in [0.25, 0.3) is 0 Å². The SMILES string of the molecule is Cc1cc(Cl)ccc1NC(=O)c1ccc(NCCC(C)C)nn1. The first-order valence-corrected chi connectivity index (χ1v) is 7.98. The zero-order chi connectivity index (χ0) is 16.8. The van der Waals surface area contributed by atoms with E-state index in [2.05, 4.69) is 34.7 Å². The van der Waals surface area contributed by atoms with E-state index in [1.807, 2.05) is 6.92 Å². The summed E-state index contributed by atoms with van der Waals surface area (Å²) in [6.07, 6.45) is 1.06. The summed E-state index contributed by atoms with van der Waals surface area (Å²) in [4.78, 5) is 12.2. The van der Waals surface area contributed by atoms with Crippen molar-refractivity contribution in [2.75, 3.05) is 17.2 Å². The Morgan fingerprint density at radius 1 is 1.22 bits per heavy atom. The molecule has 6 heteroatoms. The summed E-state index contributed by atoms with van der Waals surface area (Å²) in [5.41, 5.74) is 1.87. The van der Waals surface area contributed by atoms with Gasteiger partial charge < -0.3 is 10.6 Å². The third-order valence-electron chi connectivity index (χ3n) is 3.36. The molecular formula is C17H21ClN4O. The first kappa shape index (κ1) is 17.2. The number of rotatable bonds is 6. The molecule has 5 nitrogen and oxygen atoms in total. The van der Waals surface area contributed by atoms with Crippen LogP contribution in [0.3, 0.4) is 0 Å². The van der Waals surface area contributed by atoms with Crippen molar-refractivity contribution >= 4 is 29.0 Å². The molecule has 122 valence electrons. The van der Waals surface area contributed by atoms with Crippen molar-refractivity contribution in [3.05, 3.63) is 46.6 Å². The largest absolute Gasteiger partial charge is 0.369 e. The van der Waals surface area contributed by atoms with Crippen molar-refractivity contribution in [1.29, 1.82) is 0 Å². The Labute approximate surface area is 141 Å². The maximum Gasteiger partial charge on any atom is 0.276 e. The fourth-order valence-corrected chi connectivity index (χ4v) is 2.22. The van der Waals surface area contributed by atoms with E-state index in [9.17, 15) is 4.79 Å². The molecule has 0 atom stereocenters. The third kappa shape index (κ3) is 5.21. The summed E-state index contributed by atoms with van der Waals surface area (Å²) in [7, 11) is 0. The molecule has 2 aromatic rings. The second-order valence-corrected chi connectivity index (χ2v) is 6.26. The molecule has 0 radical (unpaired) electrons. The molecule has 23 heavy (non-hydrogen) atoms. The fraction of sp³-hybridized carbons (Fsp3) is 0.353. The molecule has 1 heterocycles. The average molecular weight is 333 g/mol. The van der Waals surface area contributed by atoms with Crippen LogP contribution >= 0.6 is 11.6 Å². The van der Waals surface area contributed by atoms with Crippen molar-refractivity contribution < 1.29 is 4.79 Å². The number of carbonyl (C=O) groups excluding carboxylic acids is 1. The second kappa shape index (κ2) is 7.92. The van der Waals surface area contributed by atoms with Gasteiger partial charge in [-0.1, -0.05) is 25.4 Å². The van der Waals surface area contributed by atoms with Crippen molar-refractivity contribution in [1.82, 2.24) is 10.2 Å². The van der Waals surface area contributed by atoms with Gasteiger partial charge in [-0.05, 0) is 55.2 Å².